The molecule has 2 aromatic rings. The molecule has 1 aromatic carbocycles. The Kier molecular flexibility index (Phi) is 5.80. The van der Waals surface area contributed by atoms with Crippen molar-refractivity contribution in [3.8, 4) is 0 Å². The lowest BCUT2D eigenvalue weighted by molar-refractivity contribution is 0.0275. The summed E-state index contributed by atoms with van der Waals surface area (Å²) in [4.78, 5) is 0. The van der Waals surface area contributed by atoms with E-state index in [1.54, 1.807) is 6.26 Å². The predicted octanol–water partition coefficient (Wildman–Crippen LogP) is 2.51. The summed E-state index contributed by atoms with van der Waals surface area (Å²) in [6.07, 6.45) is 1.11. The quantitative estimate of drug-likeness (QED) is 0.777. The first-order valence-electron chi connectivity index (χ1n) is 6.82. The summed E-state index contributed by atoms with van der Waals surface area (Å²) in [7, 11) is 0. The summed E-state index contributed by atoms with van der Waals surface area (Å²) in [6.45, 7) is 3.30. The maximum Gasteiger partial charge on any atom is 0.120 e. The monoisotopic (exact) mass is 275 g/mol. The highest BCUT2D eigenvalue weighted by Gasteiger charge is 2.10. The maximum absolute atomic E-state index is 9.86. The summed E-state index contributed by atoms with van der Waals surface area (Å²) in [5.74, 6) is 0.863. The summed E-state index contributed by atoms with van der Waals surface area (Å²) in [6, 6.07) is 13.8. The molecule has 1 unspecified atom stereocenters. The van der Waals surface area contributed by atoms with E-state index in [1.807, 2.05) is 49.4 Å². The second-order valence-electron chi connectivity index (χ2n) is 4.80. The zero-order valence-corrected chi connectivity index (χ0v) is 11.7. The molecular weight excluding hydrogens is 254 g/mol. The molecule has 2 rings (SSSR count). The van der Waals surface area contributed by atoms with E-state index < -0.39 is 6.10 Å². The summed E-state index contributed by atoms with van der Waals surface area (Å²) in [5.41, 5.74) is 1.11. The van der Waals surface area contributed by atoms with Crippen LogP contribution in [0.25, 0.3) is 0 Å². The van der Waals surface area contributed by atoms with Crippen LogP contribution in [0.3, 0.4) is 0 Å². The third-order valence-corrected chi connectivity index (χ3v) is 3.05. The lowest BCUT2D eigenvalue weighted by Crippen LogP contribution is -2.32. The minimum absolute atomic E-state index is 0.0776. The largest absolute Gasteiger partial charge is 0.468 e. The zero-order valence-electron chi connectivity index (χ0n) is 11.7. The predicted molar refractivity (Wildman–Crippen MR) is 77.2 cm³/mol. The molecule has 108 valence electrons. The standard InChI is InChI=1S/C16H21NO3/c1-13(16-8-5-9-20-16)17-10-15(18)12-19-11-14-6-3-2-4-7-14/h2-9,13,15,17-18H,10-12H2,1H3/t13-,15?/m1/s1. The molecule has 2 N–H and O–H groups in total. The van der Waals surface area contributed by atoms with E-state index in [4.69, 9.17) is 9.15 Å². The van der Waals surface area contributed by atoms with Crippen LogP contribution in [-0.4, -0.2) is 24.4 Å². The topological polar surface area (TPSA) is 54.6 Å². The van der Waals surface area contributed by atoms with Gasteiger partial charge in [-0.1, -0.05) is 30.3 Å². The molecule has 0 bridgehead atoms. The van der Waals surface area contributed by atoms with Crippen LogP contribution in [0.2, 0.25) is 0 Å². The fourth-order valence-electron chi connectivity index (χ4n) is 1.90. The zero-order chi connectivity index (χ0) is 14.2. The van der Waals surface area contributed by atoms with Crippen LogP contribution in [0.4, 0.5) is 0 Å². The Balaban J connectivity index is 1.62. The van der Waals surface area contributed by atoms with E-state index in [0.29, 0.717) is 19.8 Å². The van der Waals surface area contributed by atoms with E-state index in [1.165, 1.54) is 0 Å². The molecule has 0 saturated heterocycles. The molecule has 0 amide bonds. The van der Waals surface area contributed by atoms with E-state index in [-0.39, 0.29) is 6.04 Å². The van der Waals surface area contributed by atoms with Crippen LogP contribution in [0, 0.1) is 0 Å². The smallest absolute Gasteiger partial charge is 0.120 e. The number of hydrogen-bond donors (Lipinski definition) is 2. The summed E-state index contributed by atoms with van der Waals surface area (Å²) >= 11 is 0. The summed E-state index contributed by atoms with van der Waals surface area (Å²) in [5, 5.41) is 13.1. The number of hydrogen-bond acceptors (Lipinski definition) is 4. The highest BCUT2D eigenvalue weighted by atomic mass is 16.5. The Bertz CT molecular complexity index is 470. The molecule has 4 heteroatoms. The molecule has 2 atom stereocenters. The third-order valence-electron chi connectivity index (χ3n) is 3.05. The van der Waals surface area contributed by atoms with E-state index in [0.717, 1.165) is 11.3 Å². The van der Waals surface area contributed by atoms with Crippen LogP contribution in [0.15, 0.2) is 53.1 Å². The molecule has 0 saturated carbocycles. The minimum Gasteiger partial charge on any atom is -0.468 e. The second kappa shape index (κ2) is 7.85. The van der Waals surface area contributed by atoms with Gasteiger partial charge in [-0.3, -0.25) is 0 Å². The van der Waals surface area contributed by atoms with Crippen LogP contribution in [0.1, 0.15) is 24.3 Å². The lowest BCUT2D eigenvalue weighted by atomic mass is 10.2. The molecule has 1 aromatic heterocycles. The first-order valence-corrected chi connectivity index (χ1v) is 6.82. The van der Waals surface area contributed by atoms with Crippen molar-refractivity contribution in [2.75, 3.05) is 13.2 Å². The molecule has 0 aliphatic carbocycles. The molecular formula is C16H21NO3. The van der Waals surface area contributed by atoms with Crippen molar-refractivity contribution in [2.24, 2.45) is 0 Å². The van der Waals surface area contributed by atoms with Crippen molar-refractivity contribution in [3.63, 3.8) is 0 Å². The highest BCUT2D eigenvalue weighted by molar-refractivity contribution is 5.13. The number of rotatable bonds is 8. The van der Waals surface area contributed by atoms with Crippen molar-refractivity contribution >= 4 is 0 Å². The SMILES string of the molecule is C[C@@H](NCC(O)COCc1ccccc1)c1ccco1. The van der Waals surface area contributed by atoms with Crippen LogP contribution in [-0.2, 0) is 11.3 Å². The normalized spacial score (nSPS) is 14.1. The fraction of sp³-hybridized carbons (Fsp3) is 0.375. The number of aliphatic hydroxyl groups excluding tert-OH is 1. The molecule has 0 fully saturated rings. The van der Waals surface area contributed by atoms with Crippen LogP contribution in [0.5, 0.6) is 0 Å². The first-order chi connectivity index (χ1) is 9.75. The number of benzene rings is 1. The van der Waals surface area contributed by atoms with Gasteiger partial charge in [0.2, 0.25) is 0 Å². The molecule has 20 heavy (non-hydrogen) atoms. The number of ether oxygens (including phenoxy) is 1. The van der Waals surface area contributed by atoms with Crippen molar-refractivity contribution in [1.29, 1.82) is 0 Å². The maximum atomic E-state index is 9.86. The van der Waals surface area contributed by atoms with Gasteiger partial charge in [0.25, 0.3) is 0 Å². The van der Waals surface area contributed by atoms with E-state index in [2.05, 4.69) is 5.32 Å². The van der Waals surface area contributed by atoms with Gasteiger partial charge in [-0.25, -0.2) is 0 Å². The average Bonchev–Trinajstić information content (AvgIpc) is 3.00. The summed E-state index contributed by atoms with van der Waals surface area (Å²) < 4.78 is 10.8. The van der Waals surface area contributed by atoms with E-state index >= 15 is 0 Å². The molecule has 1 heterocycles. The van der Waals surface area contributed by atoms with Crippen molar-refractivity contribution < 1.29 is 14.3 Å². The molecule has 4 nitrogen and oxygen atoms in total. The molecule has 0 aliphatic heterocycles. The van der Waals surface area contributed by atoms with Gasteiger partial charge in [0.05, 0.1) is 31.6 Å². The van der Waals surface area contributed by atoms with Gasteiger partial charge in [-0.05, 0) is 24.6 Å². The van der Waals surface area contributed by atoms with Gasteiger partial charge in [0.1, 0.15) is 5.76 Å². The van der Waals surface area contributed by atoms with Gasteiger partial charge in [0.15, 0.2) is 0 Å². The van der Waals surface area contributed by atoms with E-state index in [9.17, 15) is 5.11 Å². The second-order valence-corrected chi connectivity index (χ2v) is 4.80. The molecule has 0 radical (unpaired) electrons. The van der Waals surface area contributed by atoms with Crippen molar-refractivity contribution in [3.05, 3.63) is 60.1 Å². The number of furan rings is 1. The van der Waals surface area contributed by atoms with Crippen LogP contribution < -0.4 is 5.32 Å². The average molecular weight is 275 g/mol. The van der Waals surface area contributed by atoms with Gasteiger partial charge in [0, 0.05) is 6.54 Å². The molecule has 0 aliphatic rings. The highest BCUT2D eigenvalue weighted by Crippen LogP contribution is 2.11. The van der Waals surface area contributed by atoms with Gasteiger partial charge in [-0.15, -0.1) is 0 Å². The number of nitrogens with one attached hydrogen (secondary N) is 1. The van der Waals surface area contributed by atoms with Crippen molar-refractivity contribution in [2.45, 2.75) is 25.7 Å². The first kappa shape index (κ1) is 14.8. The third kappa shape index (κ3) is 4.81. The Hall–Kier alpha value is -1.62. The van der Waals surface area contributed by atoms with Crippen molar-refractivity contribution in [1.82, 2.24) is 5.32 Å². The Morgan fingerprint density at radius 1 is 1.20 bits per heavy atom. The van der Waals surface area contributed by atoms with Gasteiger partial charge < -0.3 is 19.6 Å². The van der Waals surface area contributed by atoms with Crippen LogP contribution >= 0.6 is 0 Å². The van der Waals surface area contributed by atoms with Gasteiger partial charge >= 0.3 is 0 Å². The molecule has 0 spiro atoms. The number of aliphatic hydroxyl groups is 1. The Labute approximate surface area is 119 Å². The Morgan fingerprint density at radius 3 is 2.70 bits per heavy atom. The minimum atomic E-state index is -0.531. The van der Waals surface area contributed by atoms with Gasteiger partial charge in [-0.2, -0.15) is 0 Å². The lowest BCUT2D eigenvalue weighted by Gasteiger charge is -2.15. The fourth-order valence-corrected chi connectivity index (χ4v) is 1.90. The Morgan fingerprint density at radius 2 is 2.00 bits per heavy atom.